The van der Waals surface area contributed by atoms with Gasteiger partial charge < -0.3 is 9.84 Å². The first-order valence-corrected chi connectivity index (χ1v) is 7.02. The van der Waals surface area contributed by atoms with Gasteiger partial charge in [-0.05, 0) is 35.2 Å². The van der Waals surface area contributed by atoms with E-state index in [1.807, 2.05) is 4.68 Å². The molecule has 2 rings (SSSR count). The minimum atomic E-state index is -0.499. The number of aliphatic hydroxyl groups is 1. The lowest BCUT2D eigenvalue weighted by molar-refractivity contribution is 0.0497. The maximum atomic E-state index is 10.3. The standard InChI is InChI=1S/C12H19BrN2O2/c1-2-5-15-12(10(13)8-14-15)11(16)7-9-4-3-6-17-9/h8-9,11,16H,2-7H2,1H3. The molecule has 0 saturated carbocycles. The summed E-state index contributed by atoms with van der Waals surface area (Å²) in [7, 11) is 0. The molecule has 0 aromatic carbocycles. The molecule has 2 heterocycles. The van der Waals surface area contributed by atoms with E-state index in [2.05, 4.69) is 28.0 Å². The van der Waals surface area contributed by atoms with Gasteiger partial charge in [-0.2, -0.15) is 5.10 Å². The number of aryl methyl sites for hydroxylation is 1. The zero-order valence-electron chi connectivity index (χ0n) is 10.1. The zero-order chi connectivity index (χ0) is 12.3. The molecule has 0 amide bonds. The summed E-state index contributed by atoms with van der Waals surface area (Å²) in [6, 6.07) is 0. The van der Waals surface area contributed by atoms with E-state index in [0.29, 0.717) is 6.42 Å². The molecular formula is C12H19BrN2O2. The molecule has 1 N–H and O–H groups in total. The fourth-order valence-electron chi connectivity index (χ4n) is 2.28. The van der Waals surface area contributed by atoms with Crippen molar-refractivity contribution in [3.8, 4) is 0 Å². The maximum absolute atomic E-state index is 10.3. The summed E-state index contributed by atoms with van der Waals surface area (Å²) >= 11 is 3.45. The highest BCUT2D eigenvalue weighted by Gasteiger charge is 2.24. The van der Waals surface area contributed by atoms with Crippen molar-refractivity contribution in [2.75, 3.05) is 6.61 Å². The quantitative estimate of drug-likeness (QED) is 0.909. The molecule has 5 heteroatoms. The molecule has 2 unspecified atom stereocenters. The minimum absolute atomic E-state index is 0.196. The van der Waals surface area contributed by atoms with Gasteiger partial charge in [-0.3, -0.25) is 4.68 Å². The van der Waals surface area contributed by atoms with Crippen LogP contribution in [0, 0.1) is 0 Å². The Morgan fingerprint density at radius 3 is 3.18 bits per heavy atom. The van der Waals surface area contributed by atoms with E-state index in [1.165, 1.54) is 0 Å². The Bertz CT molecular complexity index is 361. The van der Waals surface area contributed by atoms with E-state index in [4.69, 9.17) is 4.74 Å². The lowest BCUT2D eigenvalue weighted by Gasteiger charge is -2.17. The summed E-state index contributed by atoms with van der Waals surface area (Å²) in [5.41, 5.74) is 0.877. The second-order valence-corrected chi connectivity index (χ2v) is 5.34. The molecule has 1 fully saturated rings. The molecule has 0 spiro atoms. The van der Waals surface area contributed by atoms with Crippen LogP contribution in [0.25, 0.3) is 0 Å². The van der Waals surface area contributed by atoms with Crippen molar-refractivity contribution in [2.45, 2.75) is 51.4 Å². The van der Waals surface area contributed by atoms with Crippen LogP contribution >= 0.6 is 15.9 Å². The van der Waals surface area contributed by atoms with Crippen molar-refractivity contribution < 1.29 is 9.84 Å². The predicted octanol–water partition coefficient (Wildman–Crippen LogP) is 2.66. The zero-order valence-corrected chi connectivity index (χ0v) is 11.7. The van der Waals surface area contributed by atoms with Crippen LogP contribution in [0.15, 0.2) is 10.7 Å². The van der Waals surface area contributed by atoms with E-state index in [9.17, 15) is 5.11 Å². The summed E-state index contributed by atoms with van der Waals surface area (Å²) < 4.78 is 8.32. The smallest absolute Gasteiger partial charge is 0.0992 e. The van der Waals surface area contributed by atoms with Gasteiger partial charge in [0.1, 0.15) is 0 Å². The summed E-state index contributed by atoms with van der Waals surface area (Å²) in [5.74, 6) is 0. The molecule has 17 heavy (non-hydrogen) atoms. The molecule has 1 aromatic rings. The van der Waals surface area contributed by atoms with Gasteiger partial charge in [0.2, 0.25) is 0 Å². The highest BCUT2D eigenvalue weighted by atomic mass is 79.9. The van der Waals surface area contributed by atoms with Gasteiger partial charge in [0, 0.05) is 19.6 Å². The summed E-state index contributed by atoms with van der Waals surface area (Å²) in [5, 5.41) is 14.6. The lowest BCUT2D eigenvalue weighted by atomic mass is 10.1. The van der Waals surface area contributed by atoms with Gasteiger partial charge in [-0.15, -0.1) is 0 Å². The fourth-order valence-corrected chi connectivity index (χ4v) is 2.84. The number of nitrogens with zero attached hydrogens (tertiary/aromatic N) is 2. The molecule has 0 bridgehead atoms. The normalized spacial score (nSPS) is 21.9. The Balaban J connectivity index is 2.05. The van der Waals surface area contributed by atoms with Crippen molar-refractivity contribution in [3.05, 3.63) is 16.4 Å². The number of hydrogen-bond donors (Lipinski definition) is 1. The van der Waals surface area contributed by atoms with Crippen LogP contribution in [-0.4, -0.2) is 27.6 Å². The van der Waals surface area contributed by atoms with Crippen LogP contribution in [-0.2, 0) is 11.3 Å². The second-order valence-electron chi connectivity index (χ2n) is 4.49. The van der Waals surface area contributed by atoms with Gasteiger partial charge in [0.25, 0.3) is 0 Å². The van der Waals surface area contributed by atoms with E-state index in [-0.39, 0.29) is 6.10 Å². The van der Waals surface area contributed by atoms with Gasteiger partial charge in [0.05, 0.1) is 28.6 Å². The lowest BCUT2D eigenvalue weighted by Crippen LogP contribution is -2.15. The molecular weight excluding hydrogens is 284 g/mol. The Hall–Kier alpha value is -0.390. The average molecular weight is 303 g/mol. The average Bonchev–Trinajstić information content (AvgIpc) is 2.89. The summed E-state index contributed by atoms with van der Waals surface area (Å²) in [4.78, 5) is 0. The first-order chi connectivity index (χ1) is 8.22. The van der Waals surface area contributed by atoms with Crippen LogP contribution in [0.3, 0.4) is 0 Å². The third-order valence-electron chi connectivity index (χ3n) is 3.09. The molecule has 2 atom stereocenters. The molecule has 1 aliphatic heterocycles. The third-order valence-corrected chi connectivity index (χ3v) is 3.71. The van der Waals surface area contributed by atoms with Crippen LogP contribution in [0.4, 0.5) is 0 Å². The van der Waals surface area contributed by atoms with Crippen LogP contribution in [0.5, 0.6) is 0 Å². The molecule has 4 nitrogen and oxygen atoms in total. The van der Waals surface area contributed by atoms with Gasteiger partial charge in [-0.25, -0.2) is 0 Å². The highest BCUT2D eigenvalue weighted by molar-refractivity contribution is 9.10. The first kappa shape index (κ1) is 13.1. The summed E-state index contributed by atoms with van der Waals surface area (Å²) in [6.45, 7) is 3.77. The van der Waals surface area contributed by atoms with Gasteiger partial charge in [-0.1, -0.05) is 6.92 Å². The Morgan fingerprint density at radius 1 is 1.71 bits per heavy atom. The minimum Gasteiger partial charge on any atom is -0.387 e. The topological polar surface area (TPSA) is 47.3 Å². The van der Waals surface area contributed by atoms with E-state index < -0.39 is 6.10 Å². The van der Waals surface area contributed by atoms with Crippen molar-refractivity contribution in [2.24, 2.45) is 0 Å². The van der Waals surface area contributed by atoms with Crippen LogP contribution in [0.2, 0.25) is 0 Å². The number of ether oxygens (including phenoxy) is 1. The Morgan fingerprint density at radius 2 is 2.53 bits per heavy atom. The molecule has 0 radical (unpaired) electrons. The van der Waals surface area contributed by atoms with E-state index in [0.717, 1.165) is 42.6 Å². The van der Waals surface area contributed by atoms with Crippen molar-refractivity contribution in [1.82, 2.24) is 9.78 Å². The van der Waals surface area contributed by atoms with Gasteiger partial charge in [0.15, 0.2) is 0 Å². The summed E-state index contributed by atoms with van der Waals surface area (Å²) in [6.07, 6.45) is 5.28. The molecule has 1 aliphatic rings. The number of rotatable bonds is 5. The number of hydrogen-bond acceptors (Lipinski definition) is 3. The van der Waals surface area contributed by atoms with Crippen LogP contribution in [0.1, 0.15) is 44.4 Å². The van der Waals surface area contributed by atoms with Crippen LogP contribution < -0.4 is 0 Å². The van der Waals surface area contributed by atoms with E-state index in [1.54, 1.807) is 6.20 Å². The molecule has 1 saturated heterocycles. The monoisotopic (exact) mass is 302 g/mol. The first-order valence-electron chi connectivity index (χ1n) is 6.23. The van der Waals surface area contributed by atoms with Crippen molar-refractivity contribution >= 4 is 15.9 Å². The number of aromatic nitrogens is 2. The Labute approximate surface area is 110 Å². The second kappa shape index (κ2) is 5.98. The molecule has 0 aliphatic carbocycles. The molecule has 1 aromatic heterocycles. The largest absolute Gasteiger partial charge is 0.387 e. The number of halogens is 1. The maximum Gasteiger partial charge on any atom is 0.0992 e. The van der Waals surface area contributed by atoms with E-state index >= 15 is 0 Å². The highest BCUT2D eigenvalue weighted by Crippen LogP contribution is 2.29. The van der Waals surface area contributed by atoms with Gasteiger partial charge >= 0.3 is 0 Å². The van der Waals surface area contributed by atoms with Crippen molar-refractivity contribution in [1.29, 1.82) is 0 Å². The number of aliphatic hydroxyl groups excluding tert-OH is 1. The Kier molecular flexibility index (Phi) is 4.59. The van der Waals surface area contributed by atoms with Crippen molar-refractivity contribution in [3.63, 3.8) is 0 Å². The molecule has 96 valence electrons. The SMILES string of the molecule is CCCn1ncc(Br)c1C(O)CC1CCCO1. The predicted molar refractivity (Wildman–Crippen MR) is 68.8 cm³/mol. The fraction of sp³-hybridized carbons (Fsp3) is 0.750. The third kappa shape index (κ3) is 3.09.